The summed E-state index contributed by atoms with van der Waals surface area (Å²) < 4.78 is 5.39. The molecule has 3 rings (SSSR count). The van der Waals surface area contributed by atoms with Crippen molar-refractivity contribution in [2.45, 2.75) is 46.6 Å². The fraction of sp³-hybridized carbons (Fsp3) is 0.609. The summed E-state index contributed by atoms with van der Waals surface area (Å²) in [6, 6.07) is 6.58. The Kier molecular flexibility index (Phi) is 6.93. The lowest BCUT2D eigenvalue weighted by Gasteiger charge is -2.33. The molecule has 2 aliphatic rings. The molecule has 1 unspecified atom stereocenters. The maximum absolute atomic E-state index is 13.2. The molecule has 1 atom stereocenters. The largest absolute Gasteiger partial charge is 0.379 e. The third kappa shape index (κ3) is 5.46. The molecule has 7 heteroatoms. The van der Waals surface area contributed by atoms with Gasteiger partial charge in [0, 0.05) is 32.6 Å². The van der Waals surface area contributed by atoms with E-state index in [1.165, 1.54) is 4.90 Å². The van der Waals surface area contributed by atoms with Gasteiger partial charge in [0.15, 0.2) is 0 Å². The molecular weight excluding hydrogens is 382 g/mol. The Hall–Kier alpha value is -2.25. The molecule has 30 heavy (non-hydrogen) atoms. The van der Waals surface area contributed by atoms with Gasteiger partial charge in [0.1, 0.15) is 6.04 Å². The number of hydrogen-bond acceptors (Lipinski definition) is 5. The second-order valence-electron chi connectivity index (χ2n) is 9.40. The third-order valence-corrected chi connectivity index (χ3v) is 5.55. The highest BCUT2D eigenvalue weighted by atomic mass is 16.5. The number of aryl methyl sites for hydroxylation is 1. The number of imide groups is 1. The van der Waals surface area contributed by atoms with Crippen LogP contribution < -0.4 is 4.90 Å². The van der Waals surface area contributed by atoms with Crippen molar-refractivity contribution in [2.24, 2.45) is 5.41 Å². The van der Waals surface area contributed by atoms with E-state index >= 15 is 0 Å². The summed E-state index contributed by atoms with van der Waals surface area (Å²) in [5.74, 6) is -0.644. The Morgan fingerprint density at radius 2 is 1.77 bits per heavy atom. The van der Waals surface area contributed by atoms with Gasteiger partial charge >= 0.3 is 0 Å². The second kappa shape index (κ2) is 9.27. The Morgan fingerprint density at radius 3 is 2.37 bits per heavy atom. The van der Waals surface area contributed by atoms with Crippen LogP contribution >= 0.6 is 0 Å². The van der Waals surface area contributed by atoms with Crippen LogP contribution in [0.4, 0.5) is 5.69 Å². The maximum Gasteiger partial charge on any atom is 0.257 e. The summed E-state index contributed by atoms with van der Waals surface area (Å²) in [6.07, 6.45) is 0.365. The molecule has 3 amide bonds. The number of rotatable bonds is 6. The Morgan fingerprint density at radius 1 is 1.13 bits per heavy atom. The average Bonchev–Trinajstić information content (AvgIpc) is 2.96. The van der Waals surface area contributed by atoms with Gasteiger partial charge < -0.3 is 9.64 Å². The summed E-state index contributed by atoms with van der Waals surface area (Å²) in [4.78, 5) is 44.2. The van der Waals surface area contributed by atoms with E-state index in [9.17, 15) is 14.4 Å². The SMILES string of the molecule is Cc1ccc(N2C(=O)CC(N(CCN3CCOCC3)C(=O)CC(C)(C)C)C2=O)cc1. The minimum absolute atomic E-state index is 0.0334. The number of nitrogens with zero attached hydrogens (tertiary/aromatic N) is 3. The highest BCUT2D eigenvalue weighted by Crippen LogP contribution is 2.28. The van der Waals surface area contributed by atoms with Crippen LogP contribution in [-0.2, 0) is 19.1 Å². The normalized spacial score (nSPS) is 20.7. The molecule has 2 aliphatic heterocycles. The predicted octanol–water partition coefficient (Wildman–Crippen LogP) is 2.22. The van der Waals surface area contributed by atoms with Gasteiger partial charge in [0.2, 0.25) is 11.8 Å². The van der Waals surface area contributed by atoms with Gasteiger partial charge in [-0.3, -0.25) is 19.3 Å². The summed E-state index contributed by atoms with van der Waals surface area (Å²) in [7, 11) is 0. The van der Waals surface area contributed by atoms with Gasteiger partial charge in [-0.2, -0.15) is 0 Å². The molecule has 0 N–H and O–H groups in total. The first-order chi connectivity index (χ1) is 14.2. The van der Waals surface area contributed by atoms with Crippen LogP contribution in [0.15, 0.2) is 24.3 Å². The predicted molar refractivity (Wildman–Crippen MR) is 115 cm³/mol. The van der Waals surface area contributed by atoms with Crippen LogP contribution in [0.1, 0.15) is 39.2 Å². The van der Waals surface area contributed by atoms with Gasteiger partial charge in [-0.1, -0.05) is 38.5 Å². The number of amides is 3. The standard InChI is InChI=1S/C23H33N3O4/c1-17-5-7-18(8-6-17)26-20(27)15-19(22(26)29)25(21(28)16-23(2,3)4)10-9-24-11-13-30-14-12-24/h5-8,19H,9-16H2,1-4H3. The third-order valence-electron chi connectivity index (χ3n) is 5.55. The van der Waals surface area contributed by atoms with Gasteiger partial charge in [-0.05, 0) is 24.5 Å². The first-order valence-electron chi connectivity index (χ1n) is 10.7. The van der Waals surface area contributed by atoms with Crippen molar-refractivity contribution in [3.8, 4) is 0 Å². The minimum atomic E-state index is -0.741. The number of morpholine rings is 1. The van der Waals surface area contributed by atoms with Crippen LogP contribution in [0.3, 0.4) is 0 Å². The van der Waals surface area contributed by atoms with Gasteiger partial charge in [0.05, 0.1) is 25.3 Å². The lowest BCUT2D eigenvalue weighted by molar-refractivity contribution is -0.140. The quantitative estimate of drug-likeness (QED) is 0.667. The van der Waals surface area contributed by atoms with E-state index in [0.29, 0.717) is 38.4 Å². The van der Waals surface area contributed by atoms with Crippen LogP contribution in [0.2, 0.25) is 0 Å². The van der Waals surface area contributed by atoms with Crippen LogP contribution in [-0.4, -0.2) is 73.0 Å². The van der Waals surface area contributed by atoms with Crippen LogP contribution in [0, 0.1) is 12.3 Å². The van der Waals surface area contributed by atoms with E-state index in [2.05, 4.69) is 4.90 Å². The van der Waals surface area contributed by atoms with E-state index in [1.54, 1.807) is 17.0 Å². The van der Waals surface area contributed by atoms with E-state index < -0.39 is 6.04 Å². The van der Waals surface area contributed by atoms with Crippen molar-refractivity contribution < 1.29 is 19.1 Å². The summed E-state index contributed by atoms with van der Waals surface area (Å²) in [5.41, 5.74) is 1.42. The van der Waals surface area contributed by atoms with Gasteiger partial charge in [-0.15, -0.1) is 0 Å². The monoisotopic (exact) mass is 415 g/mol. The zero-order valence-electron chi connectivity index (χ0n) is 18.5. The lowest BCUT2D eigenvalue weighted by Crippen LogP contribution is -2.50. The van der Waals surface area contributed by atoms with Gasteiger partial charge in [-0.25, -0.2) is 4.90 Å². The zero-order chi connectivity index (χ0) is 21.9. The molecule has 0 saturated carbocycles. The minimum Gasteiger partial charge on any atom is -0.379 e. The summed E-state index contributed by atoms with van der Waals surface area (Å²) >= 11 is 0. The van der Waals surface area contributed by atoms with E-state index in [1.807, 2.05) is 39.8 Å². The maximum atomic E-state index is 13.2. The smallest absolute Gasteiger partial charge is 0.257 e. The van der Waals surface area contributed by atoms with Crippen molar-refractivity contribution >= 4 is 23.4 Å². The van der Waals surface area contributed by atoms with Crippen molar-refractivity contribution in [3.05, 3.63) is 29.8 Å². The van der Waals surface area contributed by atoms with E-state index in [-0.39, 0.29) is 29.6 Å². The number of ether oxygens (including phenoxy) is 1. The lowest BCUT2D eigenvalue weighted by atomic mass is 9.91. The highest BCUT2D eigenvalue weighted by Gasteiger charge is 2.44. The Balaban J connectivity index is 1.78. The first kappa shape index (κ1) is 22.4. The second-order valence-corrected chi connectivity index (χ2v) is 9.40. The summed E-state index contributed by atoms with van der Waals surface area (Å²) in [5, 5.41) is 0. The number of benzene rings is 1. The Labute approximate surface area is 179 Å². The molecule has 7 nitrogen and oxygen atoms in total. The van der Waals surface area contributed by atoms with Crippen LogP contribution in [0.5, 0.6) is 0 Å². The Bertz CT molecular complexity index is 779. The topological polar surface area (TPSA) is 70.2 Å². The van der Waals surface area contributed by atoms with Crippen LogP contribution in [0.25, 0.3) is 0 Å². The molecule has 1 aromatic rings. The highest BCUT2D eigenvalue weighted by molar-refractivity contribution is 6.23. The summed E-state index contributed by atoms with van der Waals surface area (Å²) in [6.45, 7) is 12.1. The molecule has 2 saturated heterocycles. The van der Waals surface area contributed by atoms with Crippen molar-refractivity contribution in [3.63, 3.8) is 0 Å². The molecule has 0 bridgehead atoms. The molecule has 2 fully saturated rings. The number of carbonyl (C=O) groups excluding carboxylic acids is 3. The molecule has 0 radical (unpaired) electrons. The number of carbonyl (C=O) groups is 3. The van der Waals surface area contributed by atoms with Gasteiger partial charge in [0.25, 0.3) is 5.91 Å². The molecular formula is C23H33N3O4. The fourth-order valence-corrected chi connectivity index (χ4v) is 3.91. The molecule has 0 aliphatic carbocycles. The first-order valence-corrected chi connectivity index (χ1v) is 10.7. The molecule has 1 aromatic carbocycles. The van der Waals surface area contributed by atoms with Crippen molar-refractivity contribution in [1.82, 2.24) is 9.80 Å². The molecule has 164 valence electrons. The fourth-order valence-electron chi connectivity index (χ4n) is 3.91. The number of anilines is 1. The molecule has 0 aromatic heterocycles. The molecule has 0 spiro atoms. The van der Waals surface area contributed by atoms with E-state index in [0.717, 1.165) is 18.7 Å². The van der Waals surface area contributed by atoms with Crippen molar-refractivity contribution in [2.75, 3.05) is 44.3 Å². The average molecular weight is 416 g/mol. The van der Waals surface area contributed by atoms with Crippen molar-refractivity contribution in [1.29, 1.82) is 0 Å². The molecule has 2 heterocycles. The zero-order valence-corrected chi connectivity index (χ0v) is 18.5. The van der Waals surface area contributed by atoms with E-state index in [4.69, 9.17) is 4.74 Å². The number of hydrogen-bond donors (Lipinski definition) is 0.